The second-order valence-corrected chi connectivity index (χ2v) is 14.0. The van der Waals surface area contributed by atoms with Gasteiger partial charge in [0.1, 0.15) is 0 Å². The molecule has 0 N–H and O–H groups in total. The zero-order valence-corrected chi connectivity index (χ0v) is 24.9. The lowest BCUT2D eigenvalue weighted by Gasteiger charge is -2.59. The second-order valence-electron chi connectivity index (χ2n) is 14.0. The Labute approximate surface area is 243 Å². The van der Waals surface area contributed by atoms with E-state index in [-0.39, 0.29) is 23.5 Å². The van der Waals surface area contributed by atoms with Gasteiger partial charge in [-0.3, -0.25) is 4.79 Å². The zero-order chi connectivity index (χ0) is 29.2. The first-order valence-electron chi connectivity index (χ1n) is 15.5. The predicted octanol–water partition coefficient (Wildman–Crippen LogP) is 9.76. The molecule has 41 heavy (non-hydrogen) atoms. The molecule has 2 saturated carbocycles. The summed E-state index contributed by atoms with van der Waals surface area (Å²) >= 11 is 0. The second kappa shape index (κ2) is 9.99. The number of hydrogen-bond donors (Lipinski definition) is 0. The van der Waals surface area contributed by atoms with E-state index in [9.17, 15) is 13.6 Å². The molecule has 0 spiro atoms. The van der Waals surface area contributed by atoms with E-state index in [4.69, 9.17) is 0 Å². The van der Waals surface area contributed by atoms with Crippen molar-refractivity contribution < 1.29 is 18.0 Å². The Bertz CT molecular complexity index is 1380. The first-order chi connectivity index (χ1) is 19.4. The zero-order valence-electron chi connectivity index (χ0n) is 24.9. The summed E-state index contributed by atoms with van der Waals surface area (Å²) in [5.41, 5.74) is 3.37. The Balaban J connectivity index is 1.41. The molecule has 0 saturated heterocycles. The monoisotopic (exact) mass is 560 g/mol. The highest BCUT2D eigenvalue weighted by atomic mass is 19.3. The third-order valence-corrected chi connectivity index (χ3v) is 12.1. The first kappa shape index (κ1) is 28.5. The fraction of sp³-hybridized carbons (Fsp3) is 0.541. The van der Waals surface area contributed by atoms with Gasteiger partial charge in [-0.2, -0.15) is 0 Å². The van der Waals surface area contributed by atoms with Crippen LogP contribution >= 0.6 is 0 Å². The van der Waals surface area contributed by atoms with E-state index < -0.39 is 22.4 Å². The lowest BCUT2D eigenvalue weighted by atomic mass is 9.46. The molecule has 4 aliphatic rings. The highest BCUT2D eigenvalue weighted by Crippen LogP contribution is 2.73. The van der Waals surface area contributed by atoms with Gasteiger partial charge in [0.05, 0.1) is 0 Å². The number of alkyl halides is 3. The quantitative estimate of drug-likeness (QED) is 0.344. The van der Waals surface area contributed by atoms with Crippen molar-refractivity contribution in [1.82, 2.24) is 0 Å². The standard InChI is InChI=1S/C37H43F3O/c1-34-23-31(26-14-12-25(13-15-26)11-10-24-8-6-5-7-9-24)33-29-19-17-28(41)22-27(29)16-18-30(33)32(34)20-21-35(34,2)36(3,38)37(4,39)40/h5-9,12-15,22,30-32H,10-11,16-21,23H2,1-4H3/t30?,31?,32?,34?,35-,36?/m1/s1. The normalized spacial score (nSPS) is 33.0. The molecule has 0 bridgehead atoms. The topological polar surface area (TPSA) is 17.1 Å². The molecule has 0 radical (unpaired) electrons. The summed E-state index contributed by atoms with van der Waals surface area (Å²) in [4.78, 5) is 12.3. The van der Waals surface area contributed by atoms with Gasteiger partial charge < -0.3 is 0 Å². The number of carbonyl (C=O) groups is 1. The number of halogens is 3. The fourth-order valence-corrected chi connectivity index (χ4v) is 9.31. The van der Waals surface area contributed by atoms with Crippen LogP contribution in [0.2, 0.25) is 0 Å². The average molecular weight is 561 g/mol. The molecule has 2 fully saturated rings. The summed E-state index contributed by atoms with van der Waals surface area (Å²) in [6, 6.07) is 19.4. The largest absolute Gasteiger partial charge is 0.295 e. The molecular weight excluding hydrogens is 517 g/mol. The van der Waals surface area contributed by atoms with Crippen LogP contribution in [0.5, 0.6) is 0 Å². The number of ketones is 1. The van der Waals surface area contributed by atoms with E-state index in [1.165, 1.54) is 33.4 Å². The van der Waals surface area contributed by atoms with Crippen molar-refractivity contribution in [2.75, 3.05) is 0 Å². The van der Waals surface area contributed by atoms with E-state index in [1.54, 1.807) is 6.92 Å². The molecule has 4 heteroatoms. The van der Waals surface area contributed by atoms with Crippen LogP contribution in [0, 0.1) is 22.7 Å². The number of fused-ring (bicyclic) bond motifs is 4. The molecule has 4 aliphatic carbocycles. The van der Waals surface area contributed by atoms with Gasteiger partial charge in [0, 0.05) is 24.7 Å². The summed E-state index contributed by atoms with van der Waals surface area (Å²) in [5.74, 6) is -2.79. The lowest BCUT2D eigenvalue weighted by molar-refractivity contribution is -0.209. The van der Waals surface area contributed by atoms with Crippen LogP contribution in [0.15, 0.2) is 77.4 Å². The highest BCUT2D eigenvalue weighted by molar-refractivity contribution is 5.93. The minimum absolute atomic E-state index is 0.0371. The van der Waals surface area contributed by atoms with Gasteiger partial charge >= 0.3 is 0 Å². The number of benzene rings is 2. The fourth-order valence-electron chi connectivity index (χ4n) is 9.31. The van der Waals surface area contributed by atoms with E-state index >= 15 is 4.39 Å². The Morgan fingerprint density at radius 1 is 0.854 bits per heavy atom. The molecule has 218 valence electrons. The maximum Gasteiger partial charge on any atom is 0.278 e. The number of hydrogen-bond acceptors (Lipinski definition) is 1. The summed E-state index contributed by atoms with van der Waals surface area (Å²) in [5, 5.41) is 0. The predicted molar refractivity (Wildman–Crippen MR) is 159 cm³/mol. The van der Waals surface area contributed by atoms with Crippen molar-refractivity contribution in [2.24, 2.45) is 22.7 Å². The summed E-state index contributed by atoms with van der Waals surface area (Å²) in [6.45, 7) is 5.83. The molecule has 5 unspecified atom stereocenters. The van der Waals surface area contributed by atoms with Crippen LogP contribution in [-0.2, 0) is 17.6 Å². The van der Waals surface area contributed by atoms with Crippen molar-refractivity contribution in [1.29, 1.82) is 0 Å². The smallest absolute Gasteiger partial charge is 0.278 e. The maximum atomic E-state index is 16.4. The number of allylic oxidation sites excluding steroid dienone is 4. The summed E-state index contributed by atoms with van der Waals surface area (Å²) < 4.78 is 46.3. The van der Waals surface area contributed by atoms with E-state index in [0.717, 1.165) is 52.4 Å². The van der Waals surface area contributed by atoms with E-state index in [1.807, 2.05) is 12.1 Å². The molecule has 0 heterocycles. The Kier molecular flexibility index (Phi) is 6.94. The number of aryl methyl sites for hydroxylation is 2. The van der Waals surface area contributed by atoms with Gasteiger partial charge in [0.2, 0.25) is 0 Å². The SMILES string of the molecule is CC(F)(F)C(C)(F)[C@]1(C)CCC2C3CCC4=CC(=O)CCC4=C3C(c3ccc(CCc4ccccc4)cc3)CC21C. The molecule has 2 aromatic rings. The van der Waals surface area contributed by atoms with Gasteiger partial charge in [0.15, 0.2) is 11.5 Å². The molecule has 0 amide bonds. The molecule has 6 rings (SSSR count). The third kappa shape index (κ3) is 4.46. The molecule has 2 aromatic carbocycles. The van der Waals surface area contributed by atoms with Gasteiger partial charge in [-0.05, 0) is 109 Å². The van der Waals surface area contributed by atoms with Crippen LogP contribution < -0.4 is 0 Å². The number of carbonyl (C=O) groups excluding carboxylic acids is 1. The van der Waals surface area contributed by atoms with Gasteiger partial charge in [-0.1, -0.05) is 74.0 Å². The maximum absolute atomic E-state index is 16.4. The molecule has 0 aromatic heterocycles. The first-order valence-corrected chi connectivity index (χ1v) is 15.5. The van der Waals surface area contributed by atoms with Crippen molar-refractivity contribution in [3.05, 3.63) is 94.1 Å². The summed E-state index contributed by atoms with van der Waals surface area (Å²) in [6.07, 6.45) is 8.72. The average Bonchev–Trinajstić information content (AvgIpc) is 3.23. The van der Waals surface area contributed by atoms with E-state index in [0.29, 0.717) is 19.3 Å². The van der Waals surface area contributed by atoms with Gasteiger partial charge in [-0.25, -0.2) is 13.2 Å². The van der Waals surface area contributed by atoms with Crippen molar-refractivity contribution >= 4 is 5.78 Å². The molecule has 6 atom stereocenters. The van der Waals surface area contributed by atoms with Crippen LogP contribution in [0.25, 0.3) is 0 Å². The Morgan fingerprint density at radius 3 is 2.17 bits per heavy atom. The summed E-state index contributed by atoms with van der Waals surface area (Å²) in [7, 11) is 0. The van der Waals surface area contributed by atoms with Crippen molar-refractivity contribution in [2.45, 2.75) is 103 Å². The number of rotatable bonds is 6. The lowest BCUT2D eigenvalue weighted by Crippen LogP contribution is -2.60. The van der Waals surface area contributed by atoms with Crippen LogP contribution in [-0.4, -0.2) is 17.4 Å². The van der Waals surface area contributed by atoms with Crippen LogP contribution in [0.3, 0.4) is 0 Å². The van der Waals surface area contributed by atoms with Gasteiger partial charge in [0.25, 0.3) is 5.92 Å². The Hall–Kier alpha value is -2.62. The molecular formula is C37H43F3O. The highest BCUT2D eigenvalue weighted by Gasteiger charge is 2.71. The molecule has 1 nitrogen and oxygen atoms in total. The minimum atomic E-state index is -3.43. The van der Waals surface area contributed by atoms with Gasteiger partial charge in [-0.15, -0.1) is 0 Å². The van der Waals surface area contributed by atoms with Crippen LogP contribution in [0.1, 0.15) is 95.2 Å². The van der Waals surface area contributed by atoms with Crippen molar-refractivity contribution in [3.8, 4) is 0 Å². The minimum Gasteiger partial charge on any atom is -0.295 e. The van der Waals surface area contributed by atoms with Crippen LogP contribution in [0.4, 0.5) is 13.2 Å². The third-order valence-electron chi connectivity index (χ3n) is 12.1. The Morgan fingerprint density at radius 2 is 1.51 bits per heavy atom. The van der Waals surface area contributed by atoms with E-state index in [2.05, 4.69) is 55.5 Å². The van der Waals surface area contributed by atoms with Crippen molar-refractivity contribution in [3.63, 3.8) is 0 Å². The molecule has 0 aliphatic heterocycles.